The third-order valence-electron chi connectivity index (χ3n) is 1.56. The van der Waals surface area contributed by atoms with Gasteiger partial charge in [-0.15, -0.1) is 0 Å². The SMILES string of the molecule is COc1cc(O)ccc1CNN. The van der Waals surface area contributed by atoms with Gasteiger partial charge in [-0.1, -0.05) is 6.07 Å². The molecule has 0 fully saturated rings. The van der Waals surface area contributed by atoms with Crippen LogP contribution in [0.3, 0.4) is 0 Å². The maximum atomic E-state index is 9.11. The van der Waals surface area contributed by atoms with E-state index in [9.17, 15) is 0 Å². The molecule has 0 saturated heterocycles. The maximum absolute atomic E-state index is 9.11. The summed E-state index contributed by atoms with van der Waals surface area (Å²) in [5.74, 6) is 5.97. The Morgan fingerprint density at radius 2 is 2.33 bits per heavy atom. The predicted octanol–water partition coefficient (Wildman–Crippen LogP) is 0.364. The summed E-state index contributed by atoms with van der Waals surface area (Å²) in [6.07, 6.45) is 0. The number of nitrogens with one attached hydrogen (secondary N) is 1. The van der Waals surface area contributed by atoms with E-state index in [-0.39, 0.29) is 5.75 Å². The van der Waals surface area contributed by atoms with E-state index in [0.717, 1.165) is 5.56 Å². The van der Waals surface area contributed by atoms with Gasteiger partial charge in [-0.05, 0) is 6.07 Å². The van der Waals surface area contributed by atoms with E-state index >= 15 is 0 Å². The number of ether oxygens (including phenoxy) is 1. The molecule has 1 rings (SSSR count). The molecule has 1 aromatic rings. The van der Waals surface area contributed by atoms with Crippen LogP contribution in [-0.4, -0.2) is 12.2 Å². The zero-order valence-corrected chi connectivity index (χ0v) is 6.87. The molecule has 66 valence electrons. The summed E-state index contributed by atoms with van der Waals surface area (Å²) in [4.78, 5) is 0. The lowest BCUT2D eigenvalue weighted by Gasteiger charge is -2.07. The Bertz CT molecular complexity index is 263. The molecule has 4 nitrogen and oxygen atoms in total. The minimum Gasteiger partial charge on any atom is -0.508 e. The van der Waals surface area contributed by atoms with Gasteiger partial charge in [-0.25, -0.2) is 0 Å². The number of hydrogen-bond acceptors (Lipinski definition) is 4. The van der Waals surface area contributed by atoms with Crippen LogP contribution in [0.25, 0.3) is 0 Å². The number of nitrogens with two attached hydrogens (primary N) is 1. The van der Waals surface area contributed by atoms with Gasteiger partial charge >= 0.3 is 0 Å². The Kier molecular flexibility index (Phi) is 2.90. The van der Waals surface area contributed by atoms with E-state index in [1.807, 2.05) is 0 Å². The van der Waals surface area contributed by atoms with Crippen molar-refractivity contribution in [1.82, 2.24) is 5.43 Å². The summed E-state index contributed by atoms with van der Waals surface area (Å²) in [6, 6.07) is 4.90. The van der Waals surface area contributed by atoms with Crippen LogP contribution >= 0.6 is 0 Å². The Balaban J connectivity index is 2.94. The number of benzene rings is 1. The highest BCUT2D eigenvalue weighted by atomic mass is 16.5. The molecule has 0 bridgehead atoms. The van der Waals surface area contributed by atoms with Crippen molar-refractivity contribution in [2.24, 2.45) is 5.84 Å². The molecule has 0 heterocycles. The van der Waals surface area contributed by atoms with Crippen LogP contribution in [0, 0.1) is 0 Å². The highest BCUT2D eigenvalue weighted by Crippen LogP contribution is 2.23. The minimum atomic E-state index is 0.188. The highest BCUT2D eigenvalue weighted by molar-refractivity contribution is 5.39. The summed E-state index contributed by atoms with van der Waals surface area (Å²) in [5, 5.41) is 9.11. The van der Waals surface area contributed by atoms with Gasteiger partial charge in [0.05, 0.1) is 7.11 Å². The highest BCUT2D eigenvalue weighted by Gasteiger charge is 2.01. The molecule has 0 aliphatic rings. The normalized spacial score (nSPS) is 9.83. The van der Waals surface area contributed by atoms with Crippen molar-refractivity contribution in [2.45, 2.75) is 6.54 Å². The zero-order valence-electron chi connectivity index (χ0n) is 6.87. The lowest BCUT2D eigenvalue weighted by atomic mass is 10.2. The molecule has 0 unspecified atom stereocenters. The van der Waals surface area contributed by atoms with Crippen LogP contribution in [0.2, 0.25) is 0 Å². The smallest absolute Gasteiger partial charge is 0.127 e. The van der Waals surface area contributed by atoms with Crippen molar-refractivity contribution >= 4 is 0 Å². The van der Waals surface area contributed by atoms with Gasteiger partial charge in [0, 0.05) is 18.2 Å². The molecule has 1 aromatic carbocycles. The molecule has 0 spiro atoms. The maximum Gasteiger partial charge on any atom is 0.127 e. The first-order valence-electron chi connectivity index (χ1n) is 3.57. The summed E-state index contributed by atoms with van der Waals surface area (Å²) in [7, 11) is 1.55. The number of hydrogen-bond donors (Lipinski definition) is 3. The Morgan fingerprint density at radius 1 is 1.58 bits per heavy atom. The molecule has 0 radical (unpaired) electrons. The van der Waals surface area contributed by atoms with Gasteiger partial charge in [-0.2, -0.15) is 0 Å². The predicted molar refractivity (Wildman–Crippen MR) is 45.7 cm³/mol. The van der Waals surface area contributed by atoms with Gasteiger partial charge < -0.3 is 9.84 Å². The average Bonchev–Trinajstić information content (AvgIpc) is 2.08. The third kappa shape index (κ3) is 1.87. The van der Waals surface area contributed by atoms with Gasteiger partial charge in [0.15, 0.2) is 0 Å². The fraction of sp³-hybridized carbons (Fsp3) is 0.250. The topological polar surface area (TPSA) is 67.5 Å². The molecular formula is C8H12N2O2. The molecule has 0 amide bonds. The Labute approximate surface area is 70.9 Å². The van der Waals surface area contributed by atoms with E-state index < -0.39 is 0 Å². The molecule has 0 aliphatic heterocycles. The van der Waals surface area contributed by atoms with Crippen molar-refractivity contribution in [3.63, 3.8) is 0 Å². The van der Waals surface area contributed by atoms with E-state index in [2.05, 4.69) is 5.43 Å². The summed E-state index contributed by atoms with van der Waals surface area (Å²) in [6.45, 7) is 0.517. The van der Waals surface area contributed by atoms with Crippen LogP contribution in [0.5, 0.6) is 11.5 Å². The van der Waals surface area contributed by atoms with Crippen molar-refractivity contribution in [2.75, 3.05) is 7.11 Å². The number of aromatic hydroxyl groups is 1. The van der Waals surface area contributed by atoms with Gasteiger partial charge in [-0.3, -0.25) is 11.3 Å². The molecule has 4 N–H and O–H groups in total. The fourth-order valence-electron chi connectivity index (χ4n) is 0.989. The number of hydrazine groups is 1. The number of phenolic OH excluding ortho intramolecular Hbond substituents is 1. The Morgan fingerprint density at radius 3 is 2.92 bits per heavy atom. The van der Waals surface area contributed by atoms with Gasteiger partial charge in [0.25, 0.3) is 0 Å². The molecule has 4 heteroatoms. The molecule has 0 atom stereocenters. The van der Waals surface area contributed by atoms with Crippen molar-refractivity contribution in [1.29, 1.82) is 0 Å². The lowest BCUT2D eigenvalue weighted by molar-refractivity contribution is 0.401. The van der Waals surface area contributed by atoms with Crippen LogP contribution < -0.4 is 16.0 Å². The second kappa shape index (κ2) is 3.94. The van der Waals surface area contributed by atoms with Gasteiger partial charge in [0.2, 0.25) is 0 Å². The van der Waals surface area contributed by atoms with Crippen LogP contribution in [0.1, 0.15) is 5.56 Å². The largest absolute Gasteiger partial charge is 0.508 e. The van der Waals surface area contributed by atoms with Crippen molar-refractivity contribution < 1.29 is 9.84 Å². The van der Waals surface area contributed by atoms with E-state index in [0.29, 0.717) is 12.3 Å². The molecule has 0 aromatic heterocycles. The van der Waals surface area contributed by atoms with Crippen LogP contribution in [-0.2, 0) is 6.54 Å². The van der Waals surface area contributed by atoms with Crippen LogP contribution in [0.4, 0.5) is 0 Å². The standard InChI is InChI=1S/C8H12N2O2/c1-12-8-4-7(11)3-2-6(8)5-10-9/h2-4,10-11H,5,9H2,1H3. The molecular weight excluding hydrogens is 156 g/mol. The van der Waals surface area contributed by atoms with Crippen LogP contribution in [0.15, 0.2) is 18.2 Å². The first-order valence-corrected chi connectivity index (χ1v) is 3.57. The summed E-state index contributed by atoms with van der Waals surface area (Å²) < 4.78 is 5.02. The van der Waals surface area contributed by atoms with Crippen molar-refractivity contribution in [3.05, 3.63) is 23.8 Å². The monoisotopic (exact) mass is 168 g/mol. The molecule has 0 saturated carbocycles. The summed E-state index contributed by atoms with van der Waals surface area (Å²) >= 11 is 0. The van der Waals surface area contributed by atoms with E-state index in [4.69, 9.17) is 15.7 Å². The zero-order chi connectivity index (χ0) is 8.97. The minimum absolute atomic E-state index is 0.188. The van der Waals surface area contributed by atoms with Gasteiger partial charge in [0.1, 0.15) is 11.5 Å². The summed E-state index contributed by atoms with van der Waals surface area (Å²) in [5.41, 5.74) is 3.43. The first kappa shape index (κ1) is 8.83. The van der Waals surface area contributed by atoms with E-state index in [1.165, 1.54) is 0 Å². The fourth-order valence-corrected chi connectivity index (χ4v) is 0.989. The van der Waals surface area contributed by atoms with Crippen molar-refractivity contribution in [3.8, 4) is 11.5 Å². The number of rotatable bonds is 3. The number of methoxy groups -OCH3 is 1. The third-order valence-corrected chi connectivity index (χ3v) is 1.56. The number of phenols is 1. The molecule has 12 heavy (non-hydrogen) atoms. The second-order valence-electron chi connectivity index (χ2n) is 2.38. The van der Waals surface area contributed by atoms with E-state index in [1.54, 1.807) is 25.3 Å². The Hall–Kier alpha value is -1.26. The molecule has 0 aliphatic carbocycles. The first-order chi connectivity index (χ1) is 5.77. The quantitative estimate of drug-likeness (QED) is 0.450. The average molecular weight is 168 g/mol. The lowest BCUT2D eigenvalue weighted by Crippen LogP contribution is -2.21. The second-order valence-corrected chi connectivity index (χ2v) is 2.38.